The van der Waals surface area contributed by atoms with Gasteiger partial charge in [-0.2, -0.15) is 0 Å². The number of aromatic hydroxyl groups is 1. The van der Waals surface area contributed by atoms with E-state index in [4.69, 9.17) is 0 Å². The van der Waals surface area contributed by atoms with Gasteiger partial charge in [0.1, 0.15) is 11.6 Å². The van der Waals surface area contributed by atoms with E-state index in [0.29, 0.717) is 16.8 Å². The molecule has 3 rings (SSSR count). The number of phenols is 1. The highest BCUT2D eigenvalue weighted by Crippen LogP contribution is 2.32. The zero-order chi connectivity index (χ0) is 15.7. The highest BCUT2D eigenvalue weighted by Gasteiger charge is 2.15. The number of aromatic nitrogens is 2. The van der Waals surface area contributed by atoms with Gasteiger partial charge in [-0.25, -0.2) is 4.98 Å². The van der Waals surface area contributed by atoms with Crippen molar-refractivity contribution in [3.05, 3.63) is 59.8 Å². The fourth-order valence-corrected chi connectivity index (χ4v) is 2.40. The van der Waals surface area contributed by atoms with E-state index in [1.165, 1.54) is 13.0 Å². The molecule has 1 aromatic heterocycles. The van der Waals surface area contributed by atoms with E-state index in [1.807, 2.05) is 37.3 Å². The molecule has 0 saturated carbocycles. The molecule has 110 valence electrons. The predicted octanol–water partition coefficient (Wildman–Crippen LogP) is 3.96. The van der Waals surface area contributed by atoms with Crippen LogP contribution in [0.2, 0.25) is 0 Å². The molecule has 0 spiro atoms. The normalized spacial score (nSPS) is 10.6. The number of H-pyrrole nitrogens is 1. The molecular formula is C18H16N2O2. The summed E-state index contributed by atoms with van der Waals surface area (Å²) in [7, 11) is 0. The van der Waals surface area contributed by atoms with E-state index in [9.17, 15) is 9.90 Å². The average Bonchev–Trinajstić information content (AvgIpc) is 2.90. The second-order valence-corrected chi connectivity index (χ2v) is 5.21. The van der Waals surface area contributed by atoms with Crippen molar-refractivity contribution >= 4 is 5.78 Å². The van der Waals surface area contributed by atoms with Crippen molar-refractivity contribution in [2.75, 3.05) is 0 Å². The summed E-state index contributed by atoms with van der Waals surface area (Å²) in [5.41, 5.74) is 3.58. The highest BCUT2D eigenvalue weighted by molar-refractivity contribution is 5.96. The summed E-state index contributed by atoms with van der Waals surface area (Å²) in [4.78, 5) is 19.4. The van der Waals surface area contributed by atoms with Gasteiger partial charge in [0.15, 0.2) is 5.78 Å². The Labute approximate surface area is 128 Å². The number of aryl methyl sites for hydroxylation is 1. The van der Waals surface area contributed by atoms with Gasteiger partial charge in [-0.05, 0) is 32.0 Å². The van der Waals surface area contributed by atoms with Crippen molar-refractivity contribution < 1.29 is 9.90 Å². The Bertz CT molecular complexity index is 836. The Morgan fingerprint density at radius 3 is 2.55 bits per heavy atom. The van der Waals surface area contributed by atoms with E-state index in [2.05, 4.69) is 9.97 Å². The van der Waals surface area contributed by atoms with Crippen molar-refractivity contribution in [1.29, 1.82) is 0 Å². The van der Waals surface area contributed by atoms with Gasteiger partial charge in [0, 0.05) is 22.4 Å². The number of hydrogen-bond donors (Lipinski definition) is 2. The van der Waals surface area contributed by atoms with Gasteiger partial charge in [0.25, 0.3) is 0 Å². The Morgan fingerprint density at radius 2 is 1.86 bits per heavy atom. The van der Waals surface area contributed by atoms with Crippen molar-refractivity contribution in [2.24, 2.45) is 0 Å². The van der Waals surface area contributed by atoms with Gasteiger partial charge >= 0.3 is 0 Å². The quantitative estimate of drug-likeness (QED) is 0.718. The number of imidazole rings is 1. The number of phenolic OH excluding ortho intramolecular Hbond substituents is 1. The maximum atomic E-state index is 11.5. The van der Waals surface area contributed by atoms with Crippen LogP contribution in [0.5, 0.6) is 5.75 Å². The molecule has 3 aromatic rings. The van der Waals surface area contributed by atoms with Crippen LogP contribution in [0.3, 0.4) is 0 Å². The number of nitrogens with zero attached hydrogens (tertiary/aromatic N) is 1. The van der Waals surface area contributed by atoms with E-state index >= 15 is 0 Å². The number of hydrogen-bond acceptors (Lipinski definition) is 3. The Balaban J connectivity index is 2.12. The maximum Gasteiger partial charge on any atom is 0.159 e. The van der Waals surface area contributed by atoms with Crippen LogP contribution in [0, 0.1) is 6.92 Å². The van der Waals surface area contributed by atoms with Crippen molar-refractivity contribution in [3.63, 3.8) is 0 Å². The molecule has 0 radical (unpaired) electrons. The molecule has 4 heteroatoms. The molecule has 4 nitrogen and oxygen atoms in total. The van der Waals surface area contributed by atoms with Crippen LogP contribution in [0.25, 0.3) is 22.6 Å². The second-order valence-electron chi connectivity index (χ2n) is 5.21. The molecule has 0 aliphatic heterocycles. The maximum absolute atomic E-state index is 11.5. The van der Waals surface area contributed by atoms with Gasteiger partial charge in [-0.3, -0.25) is 4.79 Å². The number of nitrogens with one attached hydrogen (secondary N) is 1. The number of aromatic amines is 1. The van der Waals surface area contributed by atoms with Crippen LogP contribution >= 0.6 is 0 Å². The molecule has 0 atom stereocenters. The number of benzene rings is 2. The zero-order valence-electron chi connectivity index (χ0n) is 12.4. The monoisotopic (exact) mass is 292 g/mol. The van der Waals surface area contributed by atoms with E-state index in [1.54, 1.807) is 12.1 Å². The lowest BCUT2D eigenvalue weighted by molar-refractivity contribution is 0.101. The zero-order valence-corrected chi connectivity index (χ0v) is 12.4. The second kappa shape index (κ2) is 5.48. The average molecular weight is 292 g/mol. The van der Waals surface area contributed by atoms with Crippen LogP contribution in [0.4, 0.5) is 0 Å². The van der Waals surface area contributed by atoms with Gasteiger partial charge in [0.05, 0.1) is 5.69 Å². The topological polar surface area (TPSA) is 66.0 Å². The lowest BCUT2D eigenvalue weighted by Gasteiger charge is -2.04. The first-order chi connectivity index (χ1) is 10.6. The molecule has 0 saturated heterocycles. The lowest BCUT2D eigenvalue weighted by atomic mass is 10.0. The van der Waals surface area contributed by atoms with E-state index in [-0.39, 0.29) is 11.5 Å². The van der Waals surface area contributed by atoms with Gasteiger partial charge in [-0.15, -0.1) is 0 Å². The van der Waals surface area contributed by atoms with Crippen LogP contribution in [0.15, 0.2) is 48.5 Å². The molecule has 2 N–H and O–H groups in total. The minimum absolute atomic E-state index is 0.0438. The fraction of sp³-hybridized carbons (Fsp3) is 0.111. The third kappa shape index (κ3) is 2.51. The number of ketones is 1. The number of Topliss-reactive ketones (excluding diaryl/α,β-unsaturated/α-hetero) is 1. The van der Waals surface area contributed by atoms with Gasteiger partial charge < -0.3 is 10.1 Å². The molecule has 0 unspecified atom stereocenters. The largest absolute Gasteiger partial charge is 0.507 e. The standard InChI is InChI=1S/C18H16N2O2/c1-11-17(15-10-14(12(2)21)8-9-16(15)22)20-18(19-11)13-6-4-3-5-7-13/h3-10,22H,1-2H3,(H,19,20). The SMILES string of the molecule is CC(=O)c1ccc(O)c(-c2nc(-c3ccccc3)[nH]c2C)c1. The van der Waals surface area contributed by atoms with Gasteiger partial charge in [0.2, 0.25) is 0 Å². The first-order valence-corrected chi connectivity index (χ1v) is 7.02. The molecule has 0 aliphatic rings. The summed E-state index contributed by atoms with van der Waals surface area (Å²) < 4.78 is 0. The molecule has 0 bridgehead atoms. The first-order valence-electron chi connectivity index (χ1n) is 7.02. The van der Waals surface area contributed by atoms with Crippen LogP contribution < -0.4 is 0 Å². The number of rotatable bonds is 3. The van der Waals surface area contributed by atoms with Crippen molar-refractivity contribution in [2.45, 2.75) is 13.8 Å². The lowest BCUT2D eigenvalue weighted by Crippen LogP contribution is -1.93. The van der Waals surface area contributed by atoms with Crippen LogP contribution in [-0.4, -0.2) is 20.9 Å². The third-order valence-corrected chi connectivity index (χ3v) is 3.59. The Hall–Kier alpha value is -2.88. The summed E-state index contributed by atoms with van der Waals surface area (Å²) in [6, 6.07) is 14.6. The summed E-state index contributed by atoms with van der Waals surface area (Å²) >= 11 is 0. The molecule has 0 fully saturated rings. The molecule has 0 amide bonds. The first kappa shape index (κ1) is 14.1. The summed E-state index contributed by atoms with van der Waals surface area (Å²) in [6.45, 7) is 3.40. The summed E-state index contributed by atoms with van der Waals surface area (Å²) in [5.74, 6) is 0.803. The van der Waals surface area contributed by atoms with Gasteiger partial charge in [-0.1, -0.05) is 30.3 Å². The van der Waals surface area contributed by atoms with Crippen LogP contribution in [0.1, 0.15) is 23.0 Å². The van der Waals surface area contributed by atoms with E-state index < -0.39 is 0 Å². The summed E-state index contributed by atoms with van der Waals surface area (Å²) in [5, 5.41) is 10.1. The highest BCUT2D eigenvalue weighted by atomic mass is 16.3. The predicted molar refractivity (Wildman–Crippen MR) is 85.9 cm³/mol. The third-order valence-electron chi connectivity index (χ3n) is 3.59. The molecule has 1 heterocycles. The minimum atomic E-state index is -0.0438. The summed E-state index contributed by atoms with van der Waals surface area (Å²) in [6.07, 6.45) is 0. The van der Waals surface area contributed by atoms with E-state index in [0.717, 1.165) is 17.1 Å². The Morgan fingerprint density at radius 1 is 1.14 bits per heavy atom. The number of carbonyl (C=O) groups is 1. The molecule has 2 aromatic carbocycles. The fourth-order valence-electron chi connectivity index (χ4n) is 2.40. The smallest absolute Gasteiger partial charge is 0.159 e. The molecule has 22 heavy (non-hydrogen) atoms. The van der Waals surface area contributed by atoms with Crippen LogP contribution in [-0.2, 0) is 0 Å². The van der Waals surface area contributed by atoms with Crippen molar-refractivity contribution in [1.82, 2.24) is 9.97 Å². The molecule has 0 aliphatic carbocycles. The van der Waals surface area contributed by atoms with Crippen molar-refractivity contribution in [3.8, 4) is 28.4 Å². The molecular weight excluding hydrogens is 276 g/mol. The Kier molecular flexibility index (Phi) is 3.51. The minimum Gasteiger partial charge on any atom is -0.507 e. The number of carbonyl (C=O) groups excluding carboxylic acids is 1.